The molecule has 0 fully saturated rings. The molecule has 5 nitrogen and oxygen atoms in total. The molecule has 0 saturated carbocycles. The Morgan fingerprint density at radius 2 is 2.37 bits per heavy atom. The number of aromatic nitrogens is 2. The van der Waals surface area contributed by atoms with E-state index < -0.39 is 0 Å². The Balaban J connectivity index is 0.00000180. The molecule has 0 radical (unpaired) electrons. The number of nitrogens with two attached hydrogens (primary N) is 1. The Labute approximate surface area is 117 Å². The summed E-state index contributed by atoms with van der Waals surface area (Å²) in [5.74, 6) is 0.00327. The van der Waals surface area contributed by atoms with Crippen molar-refractivity contribution in [2.24, 2.45) is 5.73 Å². The number of amides is 1. The minimum atomic E-state index is 0. The van der Waals surface area contributed by atoms with Crippen LogP contribution in [0.1, 0.15) is 23.0 Å². The minimum Gasteiger partial charge on any atom is -0.338 e. The van der Waals surface area contributed by atoms with Gasteiger partial charge in [-0.3, -0.25) is 9.48 Å². The van der Waals surface area contributed by atoms with Crippen molar-refractivity contribution in [3.63, 3.8) is 0 Å². The molecule has 2 N–H and O–H groups in total. The highest BCUT2D eigenvalue weighted by atomic mass is 35.5. The first-order valence-electron chi connectivity index (χ1n) is 6.03. The van der Waals surface area contributed by atoms with Crippen molar-refractivity contribution in [3.05, 3.63) is 29.4 Å². The molecule has 1 aliphatic rings. The molecular weight excluding hydrogens is 271 g/mol. The standard InChI is InChI=1S/C12H17FN4O.ClH/c1-2-16-4-3-11-10(12(16)18)8-17(15-11)7-9(5-13)6-14;/h5,8H,2-4,6-7,14H2,1H3;1H/b9-5+;. The molecule has 0 saturated heterocycles. The molecule has 0 aliphatic carbocycles. The molecule has 0 unspecified atom stereocenters. The number of likely N-dealkylation sites (N-methyl/N-ethyl adjacent to an activating group) is 1. The van der Waals surface area contributed by atoms with Crippen LogP contribution in [0.3, 0.4) is 0 Å². The number of carbonyl (C=O) groups excluding carboxylic acids is 1. The number of hydrogen-bond acceptors (Lipinski definition) is 3. The minimum absolute atomic E-state index is 0. The average molecular weight is 289 g/mol. The summed E-state index contributed by atoms with van der Waals surface area (Å²) >= 11 is 0. The molecule has 106 valence electrons. The molecule has 0 aromatic carbocycles. The molecule has 7 heteroatoms. The van der Waals surface area contributed by atoms with Crippen molar-refractivity contribution in [3.8, 4) is 0 Å². The second kappa shape index (κ2) is 6.68. The van der Waals surface area contributed by atoms with E-state index in [1.165, 1.54) is 0 Å². The summed E-state index contributed by atoms with van der Waals surface area (Å²) in [7, 11) is 0. The van der Waals surface area contributed by atoms with Crippen LogP contribution < -0.4 is 5.73 Å². The molecule has 0 bridgehead atoms. The molecular formula is C12H18ClFN4O. The predicted octanol–water partition coefficient (Wildman–Crippen LogP) is 1.14. The Kier molecular flexibility index (Phi) is 5.50. The molecule has 2 rings (SSSR count). The summed E-state index contributed by atoms with van der Waals surface area (Å²) in [6.07, 6.45) is 2.93. The van der Waals surface area contributed by atoms with E-state index in [0.717, 1.165) is 12.1 Å². The molecule has 2 heterocycles. The van der Waals surface area contributed by atoms with E-state index in [1.807, 2.05) is 6.92 Å². The first-order chi connectivity index (χ1) is 8.69. The van der Waals surface area contributed by atoms with Gasteiger partial charge in [-0.25, -0.2) is 4.39 Å². The number of rotatable bonds is 4. The number of carbonyl (C=O) groups is 1. The third-order valence-corrected chi connectivity index (χ3v) is 3.14. The van der Waals surface area contributed by atoms with Crippen LogP contribution in [-0.4, -0.2) is 40.2 Å². The molecule has 0 spiro atoms. The van der Waals surface area contributed by atoms with E-state index in [9.17, 15) is 9.18 Å². The van der Waals surface area contributed by atoms with Crippen molar-refractivity contribution in [1.82, 2.24) is 14.7 Å². The Hall–Kier alpha value is -1.40. The summed E-state index contributed by atoms with van der Waals surface area (Å²) in [5.41, 5.74) is 7.27. The molecule has 1 aliphatic heterocycles. The van der Waals surface area contributed by atoms with Crippen molar-refractivity contribution in [1.29, 1.82) is 0 Å². The maximum atomic E-state index is 12.5. The zero-order valence-corrected chi connectivity index (χ0v) is 11.6. The smallest absolute Gasteiger partial charge is 0.257 e. The second-order valence-corrected chi connectivity index (χ2v) is 4.29. The Morgan fingerprint density at radius 1 is 1.63 bits per heavy atom. The number of halogens is 2. The summed E-state index contributed by atoms with van der Waals surface area (Å²) in [5, 5.41) is 4.31. The van der Waals surface area contributed by atoms with E-state index in [0.29, 0.717) is 37.1 Å². The largest absolute Gasteiger partial charge is 0.338 e. The lowest BCUT2D eigenvalue weighted by Gasteiger charge is -2.24. The van der Waals surface area contributed by atoms with E-state index in [-0.39, 0.29) is 24.9 Å². The summed E-state index contributed by atoms with van der Waals surface area (Å²) in [4.78, 5) is 13.8. The van der Waals surface area contributed by atoms with Crippen molar-refractivity contribution < 1.29 is 9.18 Å². The van der Waals surface area contributed by atoms with Crippen LogP contribution in [0.25, 0.3) is 0 Å². The van der Waals surface area contributed by atoms with Gasteiger partial charge < -0.3 is 10.6 Å². The van der Waals surface area contributed by atoms with Crippen LogP contribution in [0.4, 0.5) is 4.39 Å². The summed E-state index contributed by atoms with van der Waals surface area (Å²) < 4.78 is 14.0. The van der Waals surface area contributed by atoms with Gasteiger partial charge in [-0.05, 0) is 12.5 Å². The van der Waals surface area contributed by atoms with Crippen molar-refractivity contribution in [2.45, 2.75) is 19.9 Å². The van der Waals surface area contributed by atoms with Gasteiger partial charge in [0.1, 0.15) is 0 Å². The van der Waals surface area contributed by atoms with Crippen molar-refractivity contribution in [2.75, 3.05) is 19.6 Å². The molecule has 1 amide bonds. The fourth-order valence-corrected chi connectivity index (χ4v) is 2.07. The Morgan fingerprint density at radius 3 is 2.95 bits per heavy atom. The van der Waals surface area contributed by atoms with Gasteiger partial charge in [0.25, 0.3) is 5.91 Å². The first-order valence-corrected chi connectivity index (χ1v) is 6.03. The van der Waals surface area contributed by atoms with Crippen LogP contribution in [0.2, 0.25) is 0 Å². The van der Waals surface area contributed by atoms with Crippen LogP contribution in [0, 0.1) is 0 Å². The van der Waals surface area contributed by atoms with Crippen LogP contribution in [0.15, 0.2) is 18.1 Å². The van der Waals surface area contributed by atoms with Gasteiger partial charge in [-0.1, -0.05) is 0 Å². The van der Waals surface area contributed by atoms with E-state index >= 15 is 0 Å². The first kappa shape index (κ1) is 15.7. The molecule has 1 aromatic rings. The second-order valence-electron chi connectivity index (χ2n) is 4.29. The van der Waals surface area contributed by atoms with E-state index in [2.05, 4.69) is 5.10 Å². The van der Waals surface area contributed by atoms with Crippen LogP contribution in [0.5, 0.6) is 0 Å². The third-order valence-electron chi connectivity index (χ3n) is 3.14. The highest BCUT2D eigenvalue weighted by Gasteiger charge is 2.26. The average Bonchev–Trinajstić information content (AvgIpc) is 2.80. The zero-order chi connectivity index (χ0) is 13.1. The zero-order valence-electron chi connectivity index (χ0n) is 10.8. The summed E-state index contributed by atoms with van der Waals surface area (Å²) in [6.45, 7) is 3.78. The lowest BCUT2D eigenvalue weighted by atomic mass is 10.1. The number of fused-ring (bicyclic) bond motifs is 1. The molecule has 0 atom stereocenters. The number of nitrogens with zero attached hydrogens (tertiary/aromatic N) is 3. The van der Waals surface area contributed by atoms with Gasteiger partial charge >= 0.3 is 0 Å². The lowest BCUT2D eigenvalue weighted by molar-refractivity contribution is 0.0748. The molecule has 1 aromatic heterocycles. The highest BCUT2D eigenvalue weighted by Crippen LogP contribution is 2.17. The maximum absolute atomic E-state index is 12.5. The van der Waals surface area contributed by atoms with Crippen LogP contribution >= 0.6 is 12.4 Å². The van der Waals surface area contributed by atoms with Gasteiger partial charge in [0, 0.05) is 32.3 Å². The number of hydrogen-bond donors (Lipinski definition) is 1. The highest BCUT2D eigenvalue weighted by molar-refractivity contribution is 5.96. The fourth-order valence-electron chi connectivity index (χ4n) is 2.07. The van der Waals surface area contributed by atoms with Crippen LogP contribution in [-0.2, 0) is 13.0 Å². The third kappa shape index (κ3) is 3.13. The van der Waals surface area contributed by atoms with Crippen molar-refractivity contribution >= 4 is 18.3 Å². The van der Waals surface area contributed by atoms with E-state index in [4.69, 9.17) is 5.73 Å². The fraction of sp³-hybridized carbons (Fsp3) is 0.500. The quantitative estimate of drug-likeness (QED) is 0.903. The lowest BCUT2D eigenvalue weighted by Crippen LogP contribution is -2.36. The normalized spacial score (nSPS) is 15.2. The Bertz CT molecular complexity index is 486. The SMILES string of the molecule is CCN1CCc2nn(C/C(=C/F)CN)cc2C1=O.Cl. The monoisotopic (exact) mass is 288 g/mol. The van der Waals surface area contributed by atoms with Gasteiger partial charge in [0.15, 0.2) is 0 Å². The topological polar surface area (TPSA) is 64.2 Å². The predicted molar refractivity (Wildman–Crippen MR) is 73.0 cm³/mol. The van der Waals surface area contributed by atoms with Gasteiger partial charge in [-0.15, -0.1) is 12.4 Å². The summed E-state index contributed by atoms with van der Waals surface area (Å²) in [6, 6.07) is 0. The van der Waals surface area contributed by atoms with Gasteiger partial charge in [0.2, 0.25) is 0 Å². The van der Waals surface area contributed by atoms with Gasteiger partial charge in [-0.2, -0.15) is 5.10 Å². The maximum Gasteiger partial charge on any atom is 0.257 e. The molecule has 19 heavy (non-hydrogen) atoms. The van der Waals surface area contributed by atoms with E-state index in [1.54, 1.807) is 15.8 Å². The van der Waals surface area contributed by atoms with Gasteiger partial charge in [0.05, 0.1) is 24.1 Å².